The van der Waals surface area contributed by atoms with Crippen LogP contribution in [0, 0.1) is 11.8 Å². The van der Waals surface area contributed by atoms with E-state index >= 15 is 0 Å². The van der Waals surface area contributed by atoms with Gasteiger partial charge in [-0.1, -0.05) is 11.6 Å². The smallest absolute Gasteiger partial charge is 0.150 e. The highest BCUT2D eigenvalue weighted by Crippen LogP contribution is 2.35. The summed E-state index contributed by atoms with van der Waals surface area (Å²) < 4.78 is 5.15. The standard InChI is InChI=1S/C12H19N3O/c13-12-3-1-2-9-6-15(8-11(9)12)7-10-4-5-14-16-10/h4-5,9,11-12H,1-3,6-8,13H2. The van der Waals surface area contributed by atoms with Crippen LogP contribution in [0.25, 0.3) is 0 Å². The second-order valence-corrected chi connectivity index (χ2v) is 5.19. The number of hydrogen-bond donors (Lipinski definition) is 1. The lowest BCUT2D eigenvalue weighted by Crippen LogP contribution is -2.38. The summed E-state index contributed by atoms with van der Waals surface area (Å²) in [5.74, 6) is 2.48. The average Bonchev–Trinajstić information content (AvgIpc) is 2.88. The zero-order valence-electron chi connectivity index (χ0n) is 9.51. The summed E-state index contributed by atoms with van der Waals surface area (Å²) in [6.07, 6.45) is 5.57. The Morgan fingerprint density at radius 1 is 1.44 bits per heavy atom. The Hall–Kier alpha value is -0.870. The third kappa shape index (κ3) is 1.87. The summed E-state index contributed by atoms with van der Waals surface area (Å²) in [4.78, 5) is 2.46. The Labute approximate surface area is 95.8 Å². The fourth-order valence-electron chi connectivity index (χ4n) is 3.28. The van der Waals surface area contributed by atoms with E-state index in [-0.39, 0.29) is 0 Å². The van der Waals surface area contributed by atoms with Crippen LogP contribution in [0.2, 0.25) is 0 Å². The predicted octanol–water partition coefficient (Wildman–Crippen LogP) is 1.23. The van der Waals surface area contributed by atoms with Crippen LogP contribution in [0.4, 0.5) is 0 Å². The normalized spacial score (nSPS) is 35.2. The zero-order chi connectivity index (χ0) is 11.0. The van der Waals surface area contributed by atoms with E-state index in [9.17, 15) is 0 Å². The number of aromatic nitrogens is 1. The predicted molar refractivity (Wildman–Crippen MR) is 60.6 cm³/mol. The number of nitrogens with two attached hydrogens (primary N) is 1. The molecule has 0 radical (unpaired) electrons. The molecule has 4 nitrogen and oxygen atoms in total. The number of nitrogens with zero attached hydrogens (tertiary/aromatic N) is 2. The number of hydrogen-bond acceptors (Lipinski definition) is 4. The minimum atomic E-state index is 0.415. The van der Waals surface area contributed by atoms with Crippen molar-refractivity contribution >= 4 is 0 Å². The third-order valence-corrected chi connectivity index (χ3v) is 4.10. The molecule has 0 aromatic carbocycles. The Balaban J connectivity index is 1.63. The van der Waals surface area contributed by atoms with Crippen LogP contribution >= 0.6 is 0 Å². The van der Waals surface area contributed by atoms with E-state index < -0.39 is 0 Å². The molecular weight excluding hydrogens is 202 g/mol. The van der Waals surface area contributed by atoms with E-state index in [1.54, 1.807) is 6.20 Å². The minimum Gasteiger partial charge on any atom is -0.360 e. The van der Waals surface area contributed by atoms with E-state index in [1.807, 2.05) is 6.07 Å². The molecule has 88 valence electrons. The molecule has 1 saturated heterocycles. The van der Waals surface area contributed by atoms with Crippen molar-refractivity contribution in [3.8, 4) is 0 Å². The van der Waals surface area contributed by atoms with Crippen molar-refractivity contribution < 1.29 is 4.52 Å². The van der Waals surface area contributed by atoms with Gasteiger partial charge in [0, 0.05) is 25.2 Å². The molecule has 2 aliphatic rings. The van der Waals surface area contributed by atoms with E-state index in [2.05, 4.69) is 10.1 Å². The highest BCUT2D eigenvalue weighted by Gasteiger charge is 2.38. The maximum absolute atomic E-state index is 6.19. The molecule has 2 fully saturated rings. The summed E-state index contributed by atoms with van der Waals surface area (Å²) in [5.41, 5.74) is 6.19. The van der Waals surface area contributed by atoms with Crippen molar-refractivity contribution in [3.63, 3.8) is 0 Å². The summed E-state index contributed by atoms with van der Waals surface area (Å²) >= 11 is 0. The van der Waals surface area contributed by atoms with Crippen LogP contribution in [0.3, 0.4) is 0 Å². The van der Waals surface area contributed by atoms with Gasteiger partial charge in [0.25, 0.3) is 0 Å². The average molecular weight is 221 g/mol. The zero-order valence-corrected chi connectivity index (χ0v) is 9.51. The van der Waals surface area contributed by atoms with Gasteiger partial charge in [-0.2, -0.15) is 0 Å². The molecule has 4 heteroatoms. The van der Waals surface area contributed by atoms with Crippen molar-refractivity contribution in [1.82, 2.24) is 10.1 Å². The lowest BCUT2D eigenvalue weighted by molar-refractivity contribution is 0.255. The van der Waals surface area contributed by atoms with Gasteiger partial charge in [0.1, 0.15) is 0 Å². The van der Waals surface area contributed by atoms with Gasteiger partial charge in [-0.05, 0) is 24.7 Å². The van der Waals surface area contributed by atoms with Crippen molar-refractivity contribution in [2.24, 2.45) is 17.6 Å². The van der Waals surface area contributed by atoms with Gasteiger partial charge < -0.3 is 10.3 Å². The van der Waals surface area contributed by atoms with Gasteiger partial charge in [-0.25, -0.2) is 0 Å². The summed E-state index contributed by atoms with van der Waals surface area (Å²) in [5, 5.41) is 3.74. The molecule has 0 bridgehead atoms. The molecule has 2 heterocycles. The summed E-state index contributed by atoms with van der Waals surface area (Å²) in [6.45, 7) is 3.20. The fraction of sp³-hybridized carbons (Fsp3) is 0.750. The van der Waals surface area contributed by atoms with Crippen LogP contribution in [0.15, 0.2) is 16.8 Å². The first-order valence-electron chi connectivity index (χ1n) is 6.20. The largest absolute Gasteiger partial charge is 0.360 e. The van der Waals surface area contributed by atoms with E-state index in [1.165, 1.54) is 25.8 Å². The first kappa shape index (κ1) is 10.3. The fourth-order valence-corrected chi connectivity index (χ4v) is 3.28. The first-order valence-corrected chi connectivity index (χ1v) is 6.20. The molecular formula is C12H19N3O. The maximum Gasteiger partial charge on any atom is 0.150 e. The molecule has 3 unspecified atom stereocenters. The molecule has 16 heavy (non-hydrogen) atoms. The van der Waals surface area contributed by atoms with Crippen molar-refractivity contribution in [3.05, 3.63) is 18.0 Å². The van der Waals surface area contributed by atoms with Gasteiger partial charge in [-0.3, -0.25) is 4.90 Å². The second kappa shape index (κ2) is 4.18. The third-order valence-electron chi connectivity index (χ3n) is 4.10. The molecule has 3 atom stereocenters. The lowest BCUT2D eigenvalue weighted by atomic mass is 9.78. The van der Waals surface area contributed by atoms with Crippen LogP contribution in [-0.4, -0.2) is 29.2 Å². The van der Waals surface area contributed by atoms with Crippen molar-refractivity contribution in [1.29, 1.82) is 0 Å². The van der Waals surface area contributed by atoms with Gasteiger partial charge in [-0.15, -0.1) is 0 Å². The molecule has 1 aliphatic heterocycles. The topological polar surface area (TPSA) is 55.3 Å². The van der Waals surface area contributed by atoms with Gasteiger partial charge in [0.05, 0.1) is 12.7 Å². The van der Waals surface area contributed by atoms with Gasteiger partial charge in [0.2, 0.25) is 0 Å². The molecule has 1 saturated carbocycles. The number of likely N-dealkylation sites (tertiary alicyclic amines) is 1. The monoisotopic (exact) mass is 221 g/mol. The highest BCUT2D eigenvalue weighted by molar-refractivity contribution is 4.97. The van der Waals surface area contributed by atoms with Crippen LogP contribution in [-0.2, 0) is 6.54 Å². The molecule has 1 aliphatic carbocycles. The summed E-state index contributed by atoms with van der Waals surface area (Å²) in [7, 11) is 0. The van der Waals surface area contributed by atoms with Crippen molar-refractivity contribution in [2.75, 3.05) is 13.1 Å². The van der Waals surface area contributed by atoms with E-state index in [0.29, 0.717) is 12.0 Å². The maximum atomic E-state index is 6.19. The SMILES string of the molecule is NC1CCCC2CN(Cc3ccno3)CC12. The van der Waals surface area contributed by atoms with E-state index in [4.69, 9.17) is 10.3 Å². The molecule has 0 spiro atoms. The van der Waals surface area contributed by atoms with Crippen molar-refractivity contribution in [2.45, 2.75) is 31.8 Å². The number of rotatable bonds is 2. The Morgan fingerprint density at radius 3 is 3.12 bits per heavy atom. The molecule has 1 aromatic rings. The highest BCUT2D eigenvalue weighted by atomic mass is 16.5. The molecule has 3 rings (SSSR count). The first-order chi connectivity index (χ1) is 7.83. The van der Waals surface area contributed by atoms with Gasteiger partial charge in [0.15, 0.2) is 5.76 Å². The van der Waals surface area contributed by atoms with Crippen LogP contribution < -0.4 is 5.73 Å². The second-order valence-electron chi connectivity index (χ2n) is 5.19. The summed E-state index contributed by atoms with van der Waals surface area (Å²) in [6, 6.07) is 2.36. The molecule has 2 N–H and O–H groups in total. The Kier molecular flexibility index (Phi) is 2.69. The lowest BCUT2D eigenvalue weighted by Gasteiger charge is -2.29. The van der Waals surface area contributed by atoms with E-state index in [0.717, 1.165) is 24.8 Å². The Bertz CT molecular complexity index is 338. The quantitative estimate of drug-likeness (QED) is 0.816. The Morgan fingerprint density at radius 2 is 2.38 bits per heavy atom. The molecule has 1 aromatic heterocycles. The van der Waals surface area contributed by atoms with Gasteiger partial charge >= 0.3 is 0 Å². The minimum absolute atomic E-state index is 0.415. The van der Waals surface area contributed by atoms with Crippen LogP contribution in [0.1, 0.15) is 25.0 Å². The molecule has 0 amide bonds. The van der Waals surface area contributed by atoms with Crippen LogP contribution in [0.5, 0.6) is 0 Å². The number of fused-ring (bicyclic) bond motifs is 1.